The van der Waals surface area contributed by atoms with Crippen molar-refractivity contribution in [2.75, 3.05) is 5.32 Å². The van der Waals surface area contributed by atoms with Crippen molar-refractivity contribution in [2.24, 2.45) is 0 Å². The van der Waals surface area contributed by atoms with Crippen LogP contribution in [0.3, 0.4) is 0 Å². The summed E-state index contributed by atoms with van der Waals surface area (Å²) in [6, 6.07) is 8.99. The van der Waals surface area contributed by atoms with Crippen LogP contribution in [-0.4, -0.2) is 5.91 Å². The van der Waals surface area contributed by atoms with Gasteiger partial charge in [-0.1, -0.05) is 27.5 Å². The minimum Gasteiger partial charge on any atom is -0.321 e. The monoisotopic (exact) mass is 405 g/mol. The Morgan fingerprint density at radius 2 is 1.89 bits per heavy atom. The van der Waals surface area contributed by atoms with Crippen LogP contribution in [0.25, 0.3) is 0 Å². The van der Waals surface area contributed by atoms with E-state index in [0.717, 1.165) is 15.0 Å². The highest BCUT2D eigenvalue weighted by molar-refractivity contribution is 9.11. The van der Waals surface area contributed by atoms with Gasteiger partial charge in [-0.2, -0.15) is 0 Å². The zero-order chi connectivity index (χ0) is 14.0. The van der Waals surface area contributed by atoms with Gasteiger partial charge in [0.15, 0.2) is 0 Å². The van der Waals surface area contributed by atoms with Crippen LogP contribution < -0.4 is 5.32 Å². The molecule has 0 aliphatic rings. The Bertz CT molecular complexity index is 649. The summed E-state index contributed by atoms with van der Waals surface area (Å²) in [6.07, 6.45) is 0. The van der Waals surface area contributed by atoms with Crippen LogP contribution in [0.4, 0.5) is 10.1 Å². The van der Waals surface area contributed by atoms with E-state index in [0.29, 0.717) is 5.69 Å². The third-order valence-electron chi connectivity index (χ3n) is 2.36. The summed E-state index contributed by atoms with van der Waals surface area (Å²) in [7, 11) is 0. The number of benzene rings is 2. The molecule has 2 aromatic rings. The van der Waals surface area contributed by atoms with Gasteiger partial charge in [-0.05, 0) is 52.3 Å². The molecule has 2 rings (SSSR count). The normalized spacial score (nSPS) is 10.3. The Labute approximate surface area is 131 Å². The number of rotatable bonds is 2. The van der Waals surface area contributed by atoms with Crippen LogP contribution in [0.5, 0.6) is 0 Å². The van der Waals surface area contributed by atoms with Gasteiger partial charge in [0.25, 0.3) is 5.91 Å². The van der Waals surface area contributed by atoms with Crippen LogP contribution >= 0.6 is 43.5 Å². The van der Waals surface area contributed by atoms with E-state index in [-0.39, 0.29) is 10.6 Å². The van der Waals surface area contributed by atoms with Crippen molar-refractivity contribution in [2.45, 2.75) is 0 Å². The molecule has 0 fully saturated rings. The van der Waals surface area contributed by atoms with E-state index < -0.39 is 11.7 Å². The van der Waals surface area contributed by atoms with Crippen LogP contribution in [0.2, 0.25) is 5.02 Å². The van der Waals surface area contributed by atoms with Crippen molar-refractivity contribution in [1.82, 2.24) is 0 Å². The van der Waals surface area contributed by atoms with Gasteiger partial charge < -0.3 is 5.32 Å². The lowest BCUT2D eigenvalue weighted by Crippen LogP contribution is -2.13. The number of nitrogens with one attached hydrogen (secondary N) is 1. The first kappa shape index (κ1) is 14.5. The maximum Gasteiger partial charge on any atom is 0.257 e. The fourth-order valence-electron chi connectivity index (χ4n) is 1.45. The lowest BCUT2D eigenvalue weighted by molar-refractivity contribution is 0.102. The van der Waals surface area contributed by atoms with E-state index in [1.165, 1.54) is 12.1 Å². The summed E-state index contributed by atoms with van der Waals surface area (Å²) in [5.41, 5.74) is 0.825. The molecule has 0 aromatic heterocycles. The SMILES string of the molecule is O=C(Nc1ccc(Br)cc1Br)c1ccc(F)cc1Cl. The van der Waals surface area contributed by atoms with Crippen LogP contribution in [0.15, 0.2) is 45.3 Å². The third-order valence-corrected chi connectivity index (χ3v) is 3.82. The molecular weight excluding hydrogens is 400 g/mol. The second-order valence-corrected chi connectivity index (χ2v) is 5.88. The van der Waals surface area contributed by atoms with Crippen LogP contribution in [-0.2, 0) is 0 Å². The fraction of sp³-hybridized carbons (Fsp3) is 0. The maximum atomic E-state index is 12.9. The second-order valence-electron chi connectivity index (χ2n) is 3.70. The van der Waals surface area contributed by atoms with Crippen molar-refractivity contribution < 1.29 is 9.18 Å². The predicted molar refractivity (Wildman–Crippen MR) is 81.2 cm³/mol. The van der Waals surface area contributed by atoms with Gasteiger partial charge in [-0.15, -0.1) is 0 Å². The number of anilines is 1. The molecule has 2 aromatic carbocycles. The first-order valence-corrected chi connectivity index (χ1v) is 7.15. The highest BCUT2D eigenvalue weighted by Crippen LogP contribution is 2.27. The number of carbonyl (C=O) groups is 1. The minimum absolute atomic E-state index is 0.0748. The molecule has 1 amide bonds. The Balaban J connectivity index is 2.25. The Morgan fingerprint density at radius 3 is 2.53 bits per heavy atom. The van der Waals surface area contributed by atoms with E-state index >= 15 is 0 Å². The van der Waals surface area contributed by atoms with Gasteiger partial charge >= 0.3 is 0 Å². The zero-order valence-electron chi connectivity index (χ0n) is 9.38. The Hall–Kier alpha value is -0.910. The van der Waals surface area contributed by atoms with Crippen LogP contribution in [0, 0.1) is 5.82 Å². The number of hydrogen-bond acceptors (Lipinski definition) is 1. The highest BCUT2D eigenvalue weighted by atomic mass is 79.9. The molecule has 0 saturated carbocycles. The van der Waals surface area contributed by atoms with Crippen molar-refractivity contribution in [3.63, 3.8) is 0 Å². The van der Waals surface area contributed by atoms with E-state index in [4.69, 9.17) is 11.6 Å². The molecule has 19 heavy (non-hydrogen) atoms. The average Bonchev–Trinajstić information content (AvgIpc) is 2.32. The van der Waals surface area contributed by atoms with E-state index in [9.17, 15) is 9.18 Å². The summed E-state index contributed by atoms with van der Waals surface area (Å²) in [5.74, 6) is -0.876. The molecule has 0 heterocycles. The predicted octanol–water partition coefficient (Wildman–Crippen LogP) is 5.26. The maximum absolute atomic E-state index is 12.9. The fourth-order valence-corrected chi connectivity index (χ4v) is 2.85. The van der Waals surface area contributed by atoms with Gasteiger partial charge in [0.05, 0.1) is 16.3 Å². The van der Waals surface area contributed by atoms with Gasteiger partial charge in [0.1, 0.15) is 5.82 Å². The van der Waals surface area contributed by atoms with Crippen molar-refractivity contribution in [1.29, 1.82) is 0 Å². The van der Waals surface area contributed by atoms with E-state index in [1.54, 1.807) is 12.1 Å². The molecule has 0 radical (unpaired) electrons. The summed E-state index contributed by atoms with van der Waals surface area (Å²) in [6.45, 7) is 0. The number of hydrogen-bond donors (Lipinski definition) is 1. The largest absolute Gasteiger partial charge is 0.321 e. The molecule has 2 nitrogen and oxygen atoms in total. The molecule has 0 saturated heterocycles. The highest BCUT2D eigenvalue weighted by Gasteiger charge is 2.12. The van der Waals surface area contributed by atoms with Gasteiger partial charge in [0, 0.05) is 8.95 Å². The van der Waals surface area contributed by atoms with Gasteiger partial charge in [0.2, 0.25) is 0 Å². The quantitative estimate of drug-likeness (QED) is 0.723. The lowest BCUT2D eigenvalue weighted by Gasteiger charge is -2.09. The molecule has 6 heteroatoms. The molecule has 0 aliphatic carbocycles. The van der Waals surface area contributed by atoms with E-state index in [2.05, 4.69) is 37.2 Å². The summed E-state index contributed by atoms with van der Waals surface area (Å²) < 4.78 is 14.5. The lowest BCUT2D eigenvalue weighted by atomic mass is 10.2. The van der Waals surface area contributed by atoms with Crippen LogP contribution in [0.1, 0.15) is 10.4 Å². The minimum atomic E-state index is -0.480. The Morgan fingerprint density at radius 1 is 1.16 bits per heavy atom. The topological polar surface area (TPSA) is 29.1 Å². The average molecular weight is 407 g/mol. The summed E-state index contributed by atoms with van der Waals surface area (Å²) in [4.78, 5) is 12.0. The molecule has 0 aliphatic heterocycles. The first-order valence-electron chi connectivity index (χ1n) is 5.19. The number of carbonyl (C=O) groups excluding carboxylic acids is 1. The van der Waals surface area contributed by atoms with Gasteiger partial charge in [-0.3, -0.25) is 4.79 Å². The van der Waals surface area contributed by atoms with Crippen molar-refractivity contribution in [3.8, 4) is 0 Å². The molecule has 1 N–H and O–H groups in total. The standard InChI is InChI=1S/C13H7Br2ClFNO/c14-7-1-4-12(10(15)5-7)18-13(19)9-3-2-8(17)6-11(9)16/h1-6H,(H,18,19). The molecule has 0 spiro atoms. The first-order chi connectivity index (χ1) is 8.97. The molecule has 0 atom stereocenters. The molecule has 98 valence electrons. The molecule has 0 bridgehead atoms. The number of halogens is 4. The second kappa shape index (κ2) is 6.03. The van der Waals surface area contributed by atoms with Crippen molar-refractivity contribution >= 4 is 55.1 Å². The smallest absolute Gasteiger partial charge is 0.257 e. The summed E-state index contributed by atoms with van der Waals surface area (Å²) >= 11 is 12.5. The number of amides is 1. The van der Waals surface area contributed by atoms with Gasteiger partial charge in [-0.25, -0.2) is 4.39 Å². The zero-order valence-corrected chi connectivity index (χ0v) is 13.3. The third kappa shape index (κ3) is 3.55. The summed E-state index contributed by atoms with van der Waals surface area (Å²) in [5, 5.41) is 2.78. The molecule has 0 unspecified atom stereocenters. The van der Waals surface area contributed by atoms with Crippen molar-refractivity contribution in [3.05, 3.63) is 61.7 Å². The Kier molecular flexibility index (Phi) is 4.60. The molecular formula is C13H7Br2ClFNO. The van der Waals surface area contributed by atoms with E-state index in [1.807, 2.05) is 6.07 Å².